The Morgan fingerprint density at radius 3 is 2.54 bits per heavy atom. The maximum absolute atomic E-state index is 12.3. The molecule has 24 heavy (non-hydrogen) atoms. The fourth-order valence-corrected chi connectivity index (χ4v) is 2.23. The Bertz CT molecular complexity index is 917. The second kappa shape index (κ2) is 6.33. The van der Waals surface area contributed by atoms with Gasteiger partial charge >= 0.3 is 5.97 Å². The van der Waals surface area contributed by atoms with Crippen molar-refractivity contribution in [3.8, 4) is 11.3 Å². The monoisotopic (exact) mass is 322 g/mol. The van der Waals surface area contributed by atoms with Gasteiger partial charge in [-0.25, -0.2) is 4.79 Å². The second-order valence-electron chi connectivity index (χ2n) is 5.20. The Kier molecular flexibility index (Phi) is 4.07. The maximum Gasteiger partial charge on any atom is 0.335 e. The van der Waals surface area contributed by atoms with Crippen LogP contribution in [-0.4, -0.2) is 32.0 Å². The lowest BCUT2D eigenvalue weighted by atomic mass is 10.1. The fourth-order valence-electron chi connectivity index (χ4n) is 2.23. The van der Waals surface area contributed by atoms with Crippen LogP contribution in [0.5, 0.6) is 0 Å². The van der Waals surface area contributed by atoms with E-state index in [1.807, 2.05) is 6.07 Å². The van der Waals surface area contributed by atoms with Gasteiger partial charge in [0, 0.05) is 23.9 Å². The first-order valence-corrected chi connectivity index (χ1v) is 7.14. The Hall–Kier alpha value is -3.48. The summed E-state index contributed by atoms with van der Waals surface area (Å²) in [6, 6.07) is 13.1. The molecule has 1 aromatic heterocycles. The zero-order valence-electron chi connectivity index (χ0n) is 12.8. The number of aromatic carboxylic acids is 1. The van der Waals surface area contributed by atoms with E-state index < -0.39 is 5.97 Å². The molecule has 0 atom stereocenters. The van der Waals surface area contributed by atoms with E-state index in [9.17, 15) is 9.59 Å². The molecule has 0 radical (unpaired) electrons. The van der Waals surface area contributed by atoms with Crippen LogP contribution in [0.1, 0.15) is 20.7 Å². The molecule has 0 spiro atoms. The highest BCUT2D eigenvalue weighted by Gasteiger charge is 2.10. The van der Waals surface area contributed by atoms with Crippen LogP contribution in [0.15, 0.2) is 54.7 Å². The molecule has 7 nitrogen and oxygen atoms in total. The molecular formula is C17H14N4O3. The van der Waals surface area contributed by atoms with Gasteiger partial charge in [0.05, 0.1) is 11.8 Å². The van der Waals surface area contributed by atoms with E-state index in [1.165, 1.54) is 18.2 Å². The van der Waals surface area contributed by atoms with E-state index in [2.05, 4.69) is 15.6 Å². The molecule has 0 bridgehead atoms. The Morgan fingerprint density at radius 1 is 1.08 bits per heavy atom. The second-order valence-corrected chi connectivity index (χ2v) is 5.20. The van der Waals surface area contributed by atoms with Gasteiger partial charge in [-0.2, -0.15) is 0 Å². The molecular weight excluding hydrogens is 308 g/mol. The average Bonchev–Trinajstić information content (AvgIpc) is 3.02. The number of amides is 1. The lowest BCUT2D eigenvalue weighted by Gasteiger charge is -2.07. The van der Waals surface area contributed by atoms with Gasteiger partial charge in [-0.05, 0) is 30.3 Å². The smallest absolute Gasteiger partial charge is 0.335 e. The highest BCUT2D eigenvalue weighted by Crippen LogP contribution is 2.20. The van der Waals surface area contributed by atoms with Crippen LogP contribution in [0.3, 0.4) is 0 Å². The predicted molar refractivity (Wildman–Crippen MR) is 87.8 cm³/mol. The first-order valence-electron chi connectivity index (χ1n) is 7.14. The van der Waals surface area contributed by atoms with Crippen LogP contribution < -0.4 is 5.32 Å². The standard InChI is InChI=1S/C17H14N4O3/c1-21-10-15(19-20-21)11-4-3-7-14(9-11)18-16(22)12-5-2-6-13(8-12)17(23)24/h2-10H,1H3,(H,18,22)(H,23,24). The number of carbonyl (C=O) groups excluding carboxylic acids is 1. The van der Waals surface area contributed by atoms with E-state index >= 15 is 0 Å². The summed E-state index contributed by atoms with van der Waals surface area (Å²) >= 11 is 0. The lowest BCUT2D eigenvalue weighted by molar-refractivity contribution is 0.0697. The van der Waals surface area contributed by atoms with Gasteiger partial charge in [0.1, 0.15) is 5.69 Å². The third-order valence-corrected chi connectivity index (χ3v) is 3.39. The molecule has 3 aromatic rings. The highest BCUT2D eigenvalue weighted by molar-refractivity contribution is 6.05. The summed E-state index contributed by atoms with van der Waals surface area (Å²) in [6.07, 6.45) is 1.78. The van der Waals surface area contributed by atoms with Gasteiger partial charge in [0.15, 0.2) is 0 Å². The fraction of sp³-hybridized carbons (Fsp3) is 0.0588. The first-order chi connectivity index (χ1) is 11.5. The molecule has 0 aliphatic rings. The number of carbonyl (C=O) groups is 2. The zero-order chi connectivity index (χ0) is 17.1. The van der Waals surface area contributed by atoms with Gasteiger partial charge in [-0.3, -0.25) is 9.48 Å². The van der Waals surface area contributed by atoms with Crippen LogP contribution in [0.4, 0.5) is 5.69 Å². The summed E-state index contributed by atoms with van der Waals surface area (Å²) in [5.74, 6) is -1.45. The Morgan fingerprint density at radius 2 is 1.83 bits per heavy atom. The van der Waals surface area contributed by atoms with Crippen LogP contribution in [0.25, 0.3) is 11.3 Å². The SMILES string of the molecule is Cn1cc(-c2cccc(NC(=O)c3cccc(C(=O)O)c3)c2)nn1. The van der Waals surface area contributed by atoms with Crippen molar-refractivity contribution < 1.29 is 14.7 Å². The zero-order valence-corrected chi connectivity index (χ0v) is 12.8. The number of hydrogen-bond acceptors (Lipinski definition) is 4. The number of hydrogen-bond donors (Lipinski definition) is 2. The molecule has 0 saturated heterocycles. The Balaban J connectivity index is 1.82. The number of nitrogens with zero attached hydrogens (tertiary/aromatic N) is 3. The minimum absolute atomic E-state index is 0.0657. The largest absolute Gasteiger partial charge is 0.478 e. The third-order valence-electron chi connectivity index (χ3n) is 3.39. The lowest BCUT2D eigenvalue weighted by Crippen LogP contribution is -2.12. The van der Waals surface area contributed by atoms with Gasteiger partial charge in [0.2, 0.25) is 0 Å². The van der Waals surface area contributed by atoms with Gasteiger partial charge in [-0.15, -0.1) is 5.10 Å². The molecule has 120 valence electrons. The van der Waals surface area contributed by atoms with E-state index in [-0.39, 0.29) is 17.0 Å². The van der Waals surface area contributed by atoms with Crippen molar-refractivity contribution in [1.82, 2.24) is 15.0 Å². The molecule has 1 amide bonds. The molecule has 0 saturated carbocycles. The summed E-state index contributed by atoms with van der Waals surface area (Å²) in [4.78, 5) is 23.3. The number of benzene rings is 2. The maximum atomic E-state index is 12.3. The van der Waals surface area contributed by atoms with Crippen molar-refractivity contribution in [3.63, 3.8) is 0 Å². The molecule has 0 fully saturated rings. The summed E-state index contributed by atoms with van der Waals surface area (Å²) in [7, 11) is 1.78. The van der Waals surface area contributed by atoms with Crippen LogP contribution in [0, 0.1) is 0 Å². The van der Waals surface area contributed by atoms with Crippen molar-refractivity contribution in [2.75, 3.05) is 5.32 Å². The quantitative estimate of drug-likeness (QED) is 0.769. The minimum atomic E-state index is -1.07. The van der Waals surface area contributed by atoms with Crippen molar-refractivity contribution in [2.45, 2.75) is 0 Å². The Labute approximate surface area is 137 Å². The number of carboxylic acid groups (broad SMARTS) is 1. The van der Waals surface area contributed by atoms with E-state index in [0.29, 0.717) is 11.4 Å². The molecule has 0 aliphatic carbocycles. The predicted octanol–water partition coefficient (Wildman–Crippen LogP) is 2.43. The van der Waals surface area contributed by atoms with Crippen LogP contribution >= 0.6 is 0 Å². The summed E-state index contributed by atoms with van der Waals surface area (Å²) < 4.78 is 1.60. The molecule has 2 aromatic carbocycles. The molecule has 2 N–H and O–H groups in total. The molecule has 0 aliphatic heterocycles. The van der Waals surface area contributed by atoms with Gasteiger partial charge < -0.3 is 10.4 Å². The summed E-state index contributed by atoms with van der Waals surface area (Å²) in [5, 5.41) is 19.7. The average molecular weight is 322 g/mol. The van der Waals surface area contributed by atoms with Crippen molar-refractivity contribution in [2.24, 2.45) is 7.05 Å². The van der Waals surface area contributed by atoms with Crippen molar-refractivity contribution in [3.05, 3.63) is 65.9 Å². The van der Waals surface area contributed by atoms with E-state index in [1.54, 1.807) is 42.2 Å². The topological polar surface area (TPSA) is 97.1 Å². The normalized spacial score (nSPS) is 10.4. The third kappa shape index (κ3) is 3.30. The van der Waals surface area contributed by atoms with Crippen LogP contribution in [0.2, 0.25) is 0 Å². The van der Waals surface area contributed by atoms with Gasteiger partial charge in [-0.1, -0.05) is 23.4 Å². The molecule has 0 unspecified atom stereocenters. The number of carboxylic acids is 1. The summed E-state index contributed by atoms with van der Waals surface area (Å²) in [5.41, 5.74) is 2.45. The van der Waals surface area contributed by atoms with Crippen LogP contribution in [-0.2, 0) is 7.05 Å². The first kappa shape index (κ1) is 15.4. The molecule has 1 heterocycles. The molecule has 3 rings (SSSR count). The number of anilines is 1. The number of rotatable bonds is 4. The van der Waals surface area contributed by atoms with E-state index in [0.717, 1.165) is 5.56 Å². The summed E-state index contributed by atoms with van der Waals surface area (Å²) in [6.45, 7) is 0. The minimum Gasteiger partial charge on any atom is -0.478 e. The van der Waals surface area contributed by atoms with Gasteiger partial charge in [0.25, 0.3) is 5.91 Å². The van der Waals surface area contributed by atoms with E-state index in [4.69, 9.17) is 5.11 Å². The number of aromatic nitrogens is 3. The van der Waals surface area contributed by atoms with Crippen molar-refractivity contribution >= 4 is 17.6 Å². The highest BCUT2D eigenvalue weighted by atomic mass is 16.4. The number of nitrogens with one attached hydrogen (secondary N) is 1. The number of aryl methyl sites for hydroxylation is 1. The van der Waals surface area contributed by atoms with Crippen molar-refractivity contribution in [1.29, 1.82) is 0 Å². The molecule has 7 heteroatoms.